The summed E-state index contributed by atoms with van der Waals surface area (Å²) in [6.07, 6.45) is 0. The third kappa shape index (κ3) is 2.90. The van der Waals surface area contributed by atoms with Gasteiger partial charge >= 0.3 is 5.97 Å². The van der Waals surface area contributed by atoms with Gasteiger partial charge in [0.1, 0.15) is 5.82 Å². The first-order chi connectivity index (χ1) is 8.99. The second kappa shape index (κ2) is 5.36. The second-order valence-electron chi connectivity index (χ2n) is 4.15. The van der Waals surface area contributed by atoms with Gasteiger partial charge in [0.25, 0.3) is 0 Å². The fourth-order valence-electron chi connectivity index (χ4n) is 1.69. The number of nitrogens with zero attached hydrogens (tertiary/aromatic N) is 2. The molecule has 1 heterocycles. The van der Waals surface area contributed by atoms with Gasteiger partial charge in [0, 0.05) is 24.0 Å². The SMILES string of the molecule is Cc1sc(N(C)Cc2ccccc2F)nc1C(=O)O. The van der Waals surface area contributed by atoms with Gasteiger partial charge in [-0.2, -0.15) is 0 Å². The number of thiazole rings is 1. The molecule has 1 N–H and O–H groups in total. The van der Waals surface area contributed by atoms with E-state index in [0.29, 0.717) is 22.1 Å². The van der Waals surface area contributed by atoms with Gasteiger partial charge in [-0.15, -0.1) is 11.3 Å². The smallest absolute Gasteiger partial charge is 0.355 e. The molecule has 0 saturated heterocycles. The number of aromatic nitrogens is 1. The Hall–Kier alpha value is -1.95. The lowest BCUT2D eigenvalue weighted by Crippen LogP contribution is -2.17. The first-order valence-corrected chi connectivity index (χ1v) is 6.46. The highest BCUT2D eigenvalue weighted by atomic mass is 32.1. The van der Waals surface area contributed by atoms with E-state index in [1.54, 1.807) is 37.1 Å². The van der Waals surface area contributed by atoms with Crippen LogP contribution in [0.15, 0.2) is 24.3 Å². The van der Waals surface area contributed by atoms with E-state index in [9.17, 15) is 9.18 Å². The van der Waals surface area contributed by atoms with Crippen molar-refractivity contribution in [3.63, 3.8) is 0 Å². The Labute approximate surface area is 114 Å². The molecular weight excluding hydrogens is 267 g/mol. The lowest BCUT2D eigenvalue weighted by atomic mass is 10.2. The number of halogens is 1. The first kappa shape index (κ1) is 13.5. The average Bonchev–Trinajstić information content (AvgIpc) is 2.74. The molecule has 6 heteroatoms. The third-order valence-corrected chi connectivity index (χ3v) is 3.76. The predicted molar refractivity (Wildman–Crippen MR) is 72.3 cm³/mol. The zero-order valence-electron chi connectivity index (χ0n) is 10.6. The fourth-order valence-corrected chi connectivity index (χ4v) is 2.55. The molecule has 1 aromatic heterocycles. The Kier molecular flexibility index (Phi) is 3.80. The monoisotopic (exact) mass is 280 g/mol. The quantitative estimate of drug-likeness (QED) is 0.935. The minimum atomic E-state index is -1.04. The summed E-state index contributed by atoms with van der Waals surface area (Å²) in [7, 11) is 1.76. The third-order valence-electron chi connectivity index (χ3n) is 2.68. The largest absolute Gasteiger partial charge is 0.476 e. The number of carboxylic acids is 1. The molecule has 2 rings (SSSR count). The van der Waals surface area contributed by atoms with E-state index in [1.165, 1.54) is 17.4 Å². The Morgan fingerprint density at radius 2 is 2.16 bits per heavy atom. The van der Waals surface area contributed by atoms with Crippen LogP contribution < -0.4 is 4.90 Å². The number of rotatable bonds is 4. The minimum Gasteiger partial charge on any atom is -0.476 e. The number of aromatic carboxylic acids is 1. The van der Waals surface area contributed by atoms with Crippen LogP contribution in [0.2, 0.25) is 0 Å². The van der Waals surface area contributed by atoms with Crippen LogP contribution in [0.3, 0.4) is 0 Å². The number of hydrogen-bond donors (Lipinski definition) is 1. The highest BCUT2D eigenvalue weighted by Crippen LogP contribution is 2.26. The molecule has 0 aliphatic rings. The van der Waals surface area contributed by atoms with E-state index >= 15 is 0 Å². The van der Waals surface area contributed by atoms with Crippen LogP contribution in [-0.2, 0) is 6.54 Å². The zero-order chi connectivity index (χ0) is 14.0. The molecule has 0 spiro atoms. The Morgan fingerprint density at radius 1 is 1.47 bits per heavy atom. The van der Waals surface area contributed by atoms with Crippen molar-refractivity contribution in [3.8, 4) is 0 Å². The van der Waals surface area contributed by atoms with Crippen LogP contribution in [0, 0.1) is 12.7 Å². The van der Waals surface area contributed by atoms with Crippen LogP contribution in [0.5, 0.6) is 0 Å². The van der Waals surface area contributed by atoms with Gasteiger partial charge in [-0.25, -0.2) is 14.2 Å². The molecule has 0 aliphatic carbocycles. The fraction of sp³-hybridized carbons (Fsp3) is 0.231. The lowest BCUT2D eigenvalue weighted by molar-refractivity contribution is 0.0690. The van der Waals surface area contributed by atoms with Crippen molar-refractivity contribution in [1.82, 2.24) is 4.98 Å². The molecule has 0 bridgehead atoms. The van der Waals surface area contributed by atoms with E-state index in [2.05, 4.69) is 4.98 Å². The number of hydrogen-bond acceptors (Lipinski definition) is 4. The zero-order valence-corrected chi connectivity index (χ0v) is 11.4. The number of anilines is 1. The van der Waals surface area contributed by atoms with Crippen molar-refractivity contribution in [2.24, 2.45) is 0 Å². The number of aryl methyl sites for hydroxylation is 1. The molecule has 0 radical (unpaired) electrons. The maximum atomic E-state index is 13.5. The standard InChI is InChI=1S/C13H13FN2O2S/c1-8-11(12(17)18)15-13(19-8)16(2)7-9-5-3-4-6-10(9)14/h3-6H,7H2,1-2H3,(H,17,18). The molecule has 0 atom stereocenters. The number of carboxylic acid groups (broad SMARTS) is 1. The van der Waals surface area contributed by atoms with Crippen molar-refractivity contribution in [3.05, 3.63) is 46.2 Å². The van der Waals surface area contributed by atoms with E-state index in [0.717, 1.165) is 0 Å². The van der Waals surface area contributed by atoms with Crippen molar-refractivity contribution in [2.45, 2.75) is 13.5 Å². The molecule has 1 aromatic carbocycles. The van der Waals surface area contributed by atoms with Crippen LogP contribution in [-0.4, -0.2) is 23.1 Å². The molecule has 2 aromatic rings. The molecule has 0 unspecified atom stereocenters. The summed E-state index contributed by atoms with van der Waals surface area (Å²) >= 11 is 1.29. The van der Waals surface area contributed by atoms with Crippen LogP contribution in [0.25, 0.3) is 0 Å². The Morgan fingerprint density at radius 3 is 2.74 bits per heavy atom. The Balaban J connectivity index is 2.21. The molecular formula is C13H13FN2O2S. The van der Waals surface area contributed by atoms with Gasteiger partial charge in [0.15, 0.2) is 10.8 Å². The van der Waals surface area contributed by atoms with Crippen molar-refractivity contribution in [1.29, 1.82) is 0 Å². The summed E-state index contributed by atoms with van der Waals surface area (Å²) in [6.45, 7) is 2.06. The summed E-state index contributed by atoms with van der Waals surface area (Å²) in [4.78, 5) is 17.4. The second-order valence-corrected chi connectivity index (χ2v) is 5.34. The maximum absolute atomic E-state index is 13.5. The van der Waals surface area contributed by atoms with Crippen LogP contribution in [0.1, 0.15) is 20.9 Å². The first-order valence-electron chi connectivity index (χ1n) is 5.64. The van der Waals surface area contributed by atoms with Gasteiger partial charge in [0.2, 0.25) is 0 Å². The van der Waals surface area contributed by atoms with E-state index in [-0.39, 0.29) is 11.5 Å². The highest BCUT2D eigenvalue weighted by Gasteiger charge is 2.17. The van der Waals surface area contributed by atoms with Gasteiger partial charge in [-0.3, -0.25) is 0 Å². The van der Waals surface area contributed by atoms with Gasteiger partial charge < -0.3 is 10.0 Å². The summed E-state index contributed by atoms with van der Waals surface area (Å²) < 4.78 is 13.5. The van der Waals surface area contributed by atoms with Crippen LogP contribution in [0.4, 0.5) is 9.52 Å². The molecule has 4 nitrogen and oxygen atoms in total. The number of carbonyl (C=O) groups is 1. The normalized spacial score (nSPS) is 10.5. The Bertz CT molecular complexity index is 612. The highest BCUT2D eigenvalue weighted by molar-refractivity contribution is 7.15. The lowest BCUT2D eigenvalue weighted by Gasteiger charge is -2.15. The van der Waals surface area contributed by atoms with Gasteiger partial charge in [0.05, 0.1) is 0 Å². The van der Waals surface area contributed by atoms with E-state index < -0.39 is 5.97 Å². The summed E-state index contributed by atoms with van der Waals surface area (Å²) in [5.74, 6) is -1.32. The molecule has 100 valence electrons. The summed E-state index contributed by atoms with van der Waals surface area (Å²) in [5.41, 5.74) is 0.607. The summed E-state index contributed by atoms with van der Waals surface area (Å²) in [5, 5.41) is 9.53. The van der Waals surface area contributed by atoms with Crippen molar-refractivity contribution >= 4 is 22.4 Å². The minimum absolute atomic E-state index is 0.0559. The number of benzene rings is 1. The average molecular weight is 280 g/mol. The molecule has 0 fully saturated rings. The molecule has 0 aliphatic heterocycles. The van der Waals surface area contributed by atoms with Gasteiger partial charge in [-0.05, 0) is 13.0 Å². The molecule has 19 heavy (non-hydrogen) atoms. The maximum Gasteiger partial charge on any atom is 0.355 e. The van der Waals surface area contributed by atoms with Crippen LogP contribution >= 0.6 is 11.3 Å². The summed E-state index contributed by atoms with van der Waals surface area (Å²) in [6, 6.07) is 6.50. The van der Waals surface area contributed by atoms with E-state index in [1.807, 2.05) is 0 Å². The van der Waals surface area contributed by atoms with Crippen molar-refractivity contribution < 1.29 is 14.3 Å². The topological polar surface area (TPSA) is 53.4 Å². The van der Waals surface area contributed by atoms with E-state index in [4.69, 9.17) is 5.11 Å². The molecule has 0 saturated carbocycles. The predicted octanol–water partition coefficient (Wildman–Crippen LogP) is 2.93. The molecule has 0 amide bonds. The van der Waals surface area contributed by atoms with Gasteiger partial charge in [-0.1, -0.05) is 18.2 Å². The van der Waals surface area contributed by atoms with Crippen molar-refractivity contribution in [2.75, 3.05) is 11.9 Å².